The number of nitrogens with zero attached hydrogens (tertiary/aromatic N) is 1. The molecule has 10 N–H and O–H groups in total. The minimum absolute atomic E-state index is 0.0216. The SMILES string of the molecule is CC[C@H](C)[C@H]1NC(=O)[C@@H](NC(=O)[C@H](C)[C@H](O)C(C)C)[C@@H](C)OC(=O)[C@@H]2COC(=O)CNC(=O)/C=C/[C@](O)(CO)[C@@H](C)OC3=CC=C(CC3)[C@H](NC1=O)C(=O)N(C)[C@@H](Cc1ccccc1)C(=O)N[C@H]([C@@H](C)O)C(=O)N2. The number of esters is 2. The number of nitrogens with one attached hydrogen (secondary N) is 6. The number of aliphatic hydroxyl groups is 4. The number of cyclic esters (lactones) is 1. The van der Waals surface area contributed by atoms with Crippen LogP contribution in [0.2, 0.25) is 0 Å². The summed E-state index contributed by atoms with van der Waals surface area (Å²) < 4.78 is 17.0. The quantitative estimate of drug-likeness (QED) is 0.119. The van der Waals surface area contributed by atoms with Gasteiger partial charge in [-0.15, -0.1) is 0 Å². The second-order valence-electron chi connectivity index (χ2n) is 19.4. The molecule has 1 aromatic rings. The van der Waals surface area contributed by atoms with Gasteiger partial charge in [0.1, 0.15) is 61.2 Å². The van der Waals surface area contributed by atoms with E-state index in [1.807, 2.05) is 0 Å². The topological polar surface area (TPSA) is 338 Å². The molecule has 1 aliphatic carbocycles. The number of amides is 7. The lowest BCUT2D eigenvalue weighted by molar-refractivity contribution is -0.160. The summed E-state index contributed by atoms with van der Waals surface area (Å²) in [6.45, 7) is 9.17. The lowest BCUT2D eigenvalue weighted by atomic mass is 9.92. The van der Waals surface area contributed by atoms with E-state index in [9.17, 15) is 58.8 Å². The molecule has 4 bridgehead atoms. The second-order valence-corrected chi connectivity index (χ2v) is 19.4. The van der Waals surface area contributed by atoms with Gasteiger partial charge in [-0.05, 0) is 62.3 Å². The predicted octanol–water partition coefficient (Wildman–Crippen LogP) is -1.53. The van der Waals surface area contributed by atoms with Crippen LogP contribution >= 0.6 is 0 Å². The van der Waals surface area contributed by atoms with E-state index in [1.165, 1.54) is 40.0 Å². The predicted molar refractivity (Wildman–Crippen MR) is 264 cm³/mol. The third kappa shape index (κ3) is 15.9. The Kier molecular flexibility index (Phi) is 21.9. The summed E-state index contributed by atoms with van der Waals surface area (Å²) in [5.41, 5.74) is -1.30. The van der Waals surface area contributed by atoms with Crippen molar-refractivity contribution in [2.45, 2.75) is 147 Å². The molecule has 1 saturated heterocycles. The van der Waals surface area contributed by atoms with Crippen LogP contribution in [-0.2, 0) is 63.8 Å². The van der Waals surface area contributed by atoms with Gasteiger partial charge in [-0.1, -0.05) is 77.4 Å². The number of aliphatic hydroxyl groups excluding tert-OH is 3. The van der Waals surface area contributed by atoms with Gasteiger partial charge in [-0.25, -0.2) is 4.79 Å². The van der Waals surface area contributed by atoms with Crippen LogP contribution in [0.15, 0.2) is 66.0 Å². The highest BCUT2D eigenvalue weighted by Gasteiger charge is 2.42. The van der Waals surface area contributed by atoms with Crippen LogP contribution in [0.25, 0.3) is 0 Å². The normalized spacial score (nSPS) is 29.6. The highest BCUT2D eigenvalue weighted by molar-refractivity contribution is 5.99. The average Bonchev–Trinajstić information content (AvgIpc) is 3.37. The molecule has 0 spiro atoms. The van der Waals surface area contributed by atoms with E-state index < -0.39 is 157 Å². The Labute approximate surface area is 430 Å². The molecule has 1 aromatic carbocycles. The number of benzene rings is 1. The van der Waals surface area contributed by atoms with Crippen molar-refractivity contribution < 1.29 is 77.8 Å². The molecule has 23 nitrogen and oxygen atoms in total. The standard InChI is InChI=1S/C51H73N7O16/c1-10-27(4)39-46(66)57-42-33-16-18-34(19-17-33)74-31(8)51(71,25-59)21-20-37(61)52-23-38(62)72-24-35(50(70)73-30(7)41(48(68)54-39)56-44(64)28(5)43(63)26(2)3)53-47(67)40(29(6)60)55-45(65)36(58(9)49(42)69)22-32-14-12-11-13-15-32/h11-16,18,20-21,26-31,35-36,39-43,59-60,63,71H,10,17,19,22-25H2,1-9H3,(H,52,61)(H,53,67)(H,54,68)(H,55,65)(H,56,64)(H,57,66)/b21-20+/t27-,28+,29+,30+,31+,35-,36-,39+,40+,41-,42-,43+,51-/m0/s1. The van der Waals surface area contributed by atoms with Crippen LogP contribution in [0, 0.1) is 17.8 Å². The fourth-order valence-electron chi connectivity index (χ4n) is 8.21. The molecule has 3 heterocycles. The first-order valence-electron chi connectivity index (χ1n) is 24.7. The van der Waals surface area contributed by atoms with Gasteiger partial charge in [-0.2, -0.15) is 0 Å². The number of allylic oxidation sites excluding steroid dienone is 3. The van der Waals surface area contributed by atoms with Crippen molar-refractivity contribution in [3.05, 3.63) is 71.5 Å². The molecule has 7 amide bonds. The Balaban J connectivity index is 2.02. The van der Waals surface area contributed by atoms with Crippen LogP contribution in [-0.4, -0.2) is 172 Å². The highest BCUT2D eigenvalue weighted by atomic mass is 16.6. The van der Waals surface area contributed by atoms with Gasteiger partial charge in [0.15, 0.2) is 6.04 Å². The van der Waals surface area contributed by atoms with Crippen LogP contribution in [0.4, 0.5) is 0 Å². The van der Waals surface area contributed by atoms with Crippen molar-refractivity contribution in [3.63, 3.8) is 0 Å². The van der Waals surface area contributed by atoms with Gasteiger partial charge < -0.3 is 71.4 Å². The first kappa shape index (κ1) is 59.9. The van der Waals surface area contributed by atoms with Gasteiger partial charge >= 0.3 is 11.9 Å². The molecule has 3 aliphatic heterocycles. The number of carbonyl (C=O) groups is 9. The number of rotatable bonds is 10. The van der Waals surface area contributed by atoms with E-state index in [-0.39, 0.29) is 31.4 Å². The molecule has 23 heteroatoms. The minimum Gasteiger partial charge on any atom is -0.492 e. The van der Waals surface area contributed by atoms with Crippen LogP contribution in [0.3, 0.4) is 0 Å². The molecular formula is C51H73N7O16. The molecule has 0 radical (unpaired) electrons. The maximum Gasteiger partial charge on any atom is 0.332 e. The number of hydrogen-bond acceptors (Lipinski definition) is 16. The summed E-state index contributed by atoms with van der Waals surface area (Å²) in [6, 6.07) is -1.60. The summed E-state index contributed by atoms with van der Waals surface area (Å²) in [5.74, 6) is -11.2. The van der Waals surface area contributed by atoms with E-state index in [0.29, 0.717) is 11.1 Å². The van der Waals surface area contributed by atoms with E-state index in [1.54, 1.807) is 58.0 Å². The third-order valence-corrected chi connectivity index (χ3v) is 13.5. The van der Waals surface area contributed by atoms with Crippen LogP contribution in [0.1, 0.15) is 80.2 Å². The first-order chi connectivity index (χ1) is 34.8. The molecule has 0 unspecified atom stereocenters. The molecule has 0 aromatic heterocycles. The maximum atomic E-state index is 15.2. The first-order valence-corrected chi connectivity index (χ1v) is 24.7. The molecule has 1 fully saturated rings. The van der Waals surface area contributed by atoms with Gasteiger partial charge in [-0.3, -0.25) is 38.4 Å². The van der Waals surface area contributed by atoms with Crippen molar-refractivity contribution in [1.82, 2.24) is 36.8 Å². The lowest BCUT2D eigenvalue weighted by Crippen LogP contribution is -2.62. The largest absolute Gasteiger partial charge is 0.492 e. The Hall–Kier alpha value is -6.69. The zero-order chi connectivity index (χ0) is 55.2. The highest BCUT2D eigenvalue weighted by Crippen LogP contribution is 2.28. The van der Waals surface area contributed by atoms with Gasteiger partial charge in [0.05, 0.1) is 30.5 Å². The molecule has 408 valence electrons. The second kappa shape index (κ2) is 27.0. The van der Waals surface area contributed by atoms with Crippen molar-refractivity contribution in [2.24, 2.45) is 17.8 Å². The zero-order valence-electron chi connectivity index (χ0n) is 43.3. The van der Waals surface area contributed by atoms with Crippen molar-refractivity contribution in [2.75, 3.05) is 26.8 Å². The molecule has 0 saturated carbocycles. The Morgan fingerprint density at radius 2 is 1.50 bits per heavy atom. The average molecular weight is 1040 g/mol. The van der Waals surface area contributed by atoms with E-state index in [4.69, 9.17) is 14.2 Å². The van der Waals surface area contributed by atoms with Crippen molar-refractivity contribution >= 4 is 53.3 Å². The Bertz CT molecular complexity index is 2310. The van der Waals surface area contributed by atoms with E-state index >= 15 is 4.79 Å². The number of likely N-dealkylation sites (N-methyl/N-ethyl adjacent to an activating group) is 1. The van der Waals surface area contributed by atoms with Crippen molar-refractivity contribution in [3.8, 4) is 0 Å². The number of carbonyl (C=O) groups excluding carboxylic acids is 9. The maximum absolute atomic E-state index is 15.2. The number of fused-ring (bicyclic) bond motifs is 11. The molecule has 5 rings (SSSR count). The number of hydrogen-bond donors (Lipinski definition) is 10. The van der Waals surface area contributed by atoms with E-state index in [2.05, 4.69) is 31.9 Å². The Morgan fingerprint density at radius 3 is 2.09 bits per heavy atom. The van der Waals surface area contributed by atoms with Gasteiger partial charge in [0, 0.05) is 26.0 Å². The third-order valence-electron chi connectivity index (χ3n) is 13.5. The summed E-state index contributed by atoms with van der Waals surface area (Å²) in [7, 11) is 1.31. The minimum atomic E-state index is -2.15. The number of ether oxygens (including phenoxy) is 3. The monoisotopic (exact) mass is 1040 g/mol. The fraction of sp³-hybridized carbons (Fsp3) is 0.588. The molecule has 74 heavy (non-hydrogen) atoms. The molecular weight excluding hydrogens is 967 g/mol. The van der Waals surface area contributed by atoms with Gasteiger partial charge in [0.25, 0.3) is 0 Å². The summed E-state index contributed by atoms with van der Waals surface area (Å²) in [4.78, 5) is 128. The van der Waals surface area contributed by atoms with Gasteiger partial charge in [0.2, 0.25) is 41.4 Å². The van der Waals surface area contributed by atoms with Crippen LogP contribution < -0.4 is 31.9 Å². The summed E-state index contributed by atoms with van der Waals surface area (Å²) >= 11 is 0. The Morgan fingerprint density at radius 1 is 0.851 bits per heavy atom. The van der Waals surface area contributed by atoms with Crippen molar-refractivity contribution in [1.29, 1.82) is 0 Å². The van der Waals surface area contributed by atoms with Crippen LogP contribution in [0.5, 0.6) is 0 Å². The summed E-state index contributed by atoms with van der Waals surface area (Å²) in [5, 5.41) is 58.4. The lowest BCUT2D eigenvalue weighted by Gasteiger charge is -2.35. The fourth-order valence-corrected chi connectivity index (χ4v) is 8.21. The molecule has 4 aliphatic rings. The van der Waals surface area contributed by atoms with E-state index in [0.717, 1.165) is 24.0 Å². The zero-order valence-corrected chi connectivity index (χ0v) is 43.3. The molecule has 13 atom stereocenters. The smallest absolute Gasteiger partial charge is 0.332 e. The summed E-state index contributed by atoms with van der Waals surface area (Å²) in [6.07, 6.45) is -0.770.